The van der Waals surface area contributed by atoms with Crippen molar-refractivity contribution in [1.29, 1.82) is 0 Å². The molecule has 3 N–H and O–H groups in total. The Morgan fingerprint density at radius 3 is 2.72 bits per heavy atom. The summed E-state index contributed by atoms with van der Waals surface area (Å²) in [6.07, 6.45) is 0. The molecule has 2 aromatic rings. The fourth-order valence-electron chi connectivity index (χ4n) is 1.68. The third-order valence-corrected chi connectivity index (χ3v) is 4.55. The van der Waals surface area contributed by atoms with Gasteiger partial charge in [0.2, 0.25) is 0 Å². The van der Waals surface area contributed by atoms with Gasteiger partial charge in [-0.25, -0.2) is 5.43 Å². The first-order valence-corrected chi connectivity index (χ1v) is 7.19. The van der Waals surface area contributed by atoms with Gasteiger partial charge >= 0.3 is 0 Å². The molecule has 0 radical (unpaired) electrons. The molecule has 1 unspecified atom stereocenters. The van der Waals surface area contributed by atoms with Crippen LogP contribution in [0.15, 0.2) is 34.1 Å². The second-order valence-corrected chi connectivity index (χ2v) is 6.54. The van der Waals surface area contributed by atoms with E-state index in [1.54, 1.807) is 18.4 Å². The Labute approximate surface area is 123 Å². The summed E-state index contributed by atoms with van der Waals surface area (Å²) in [5.41, 5.74) is 3.82. The van der Waals surface area contributed by atoms with E-state index >= 15 is 0 Å². The molecule has 0 aliphatic heterocycles. The molecule has 0 bridgehead atoms. The minimum atomic E-state index is -0.0764. The Morgan fingerprint density at radius 2 is 2.17 bits per heavy atom. The fourth-order valence-corrected chi connectivity index (χ4v) is 3.39. The maximum absolute atomic E-state index is 6.01. The molecule has 0 spiro atoms. The van der Waals surface area contributed by atoms with Gasteiger partial charge in [0, 0.05) is 4.88 Å². The highest BCUT2D eigenvalue weighted by Crippen LogP contribution is 2.34. The zero-order chi connectivity index (χ0) is 13.1. The number of rotatable bonds is 4. The van der Waals surface area contributed by atoms with Crippen molar-refractivity contribution in [2.45, 2.75) is 6.04 Å². The van der Waals surface area contributed by atoms with Crippen LogP contribution in [0.3, 0.4) is 0 Å². The first kappa shape index (κ1) is 13.8. The van der Waals surface area contributed by atoms with Gasteiger partial charge in [-0.05, 0) is 45.8 Å². The van der Waals surface area contributed by atoms with Crippen LogP contribution >= 0.6 is 38.9 Å². The van der Waals surface area contributed by atoms with Gasteiger partial charge in [0.25, 0.3) is 0 Å². The summed E-state index contributed by atoms with van der Waals surface area (Å²) < 4.78 is 6.28. The van der Waals surface area contributed by atoms with Crippen molar-refractivity contribution in [3.8, 4) is 5.75 Å². The largest absolute Gasteiger partial charge is 0.495 e. The predicted octanol–water partition coefficient (Wildman–Crippen LogP) is 3.73. The average Bonchev–Trinajstić information content (AvgIpc) is 2.79. The van der Waals surface area contributed by atoms with E-state index < -0.39 is 0 Å². The molecular weight excluding hydrogens is 336 g/mol. The highest BCUT2D eigenvalue weighted by molar-refractivity contribution is 9.11. The van der Waals surface area contributed by atoms with Gasteiger partial charge in [-0.2, -0.15) is 0 Å². The van der Waals surface area contributed by atoms with Crippen LogP contribution in [-0.4, -0.2) is 7.11 Å². The second-order valence-electron chi connectivity index (χ2n) is 3.64. The minimum Gasteiger partial charge on any atom is -0.495 e. The fraction of sp³-hybridized carbons (Fsp3) is 0.167. The molecule has 0 aliphatic carbocycles. The highest BCUT2D eigenvalue weighted by atomic mass is 79.9. The summed E-state index contributed by atoms with van der Waals surface area (Å²) in [6.45, 7) is 0. The molecule has 96 valence electrons. The van der Waals surface area contributed by atoms with Gasteiger partial charge in [0.05, 0.1) is 22.0 Å². The number of hydrazine groups is 1. The first-order chi connectivity index (χ1) is 8.65. The molecule has 3 nitrogen and oxygen atoms in total. The summed E-state index contributed by atoms with van der Waals surface area (Å²) in [7, 11) is 1.59. The van der Waals surface area contributed by atoms with E-state index in [0.717, 1.165) is 14.2 Å². The molecule has 0 saturated carbocycles. The number of hydrogen-bond acceptors (Lipinski definition) is 4. The third-order valence-electron chi connectivity index (χ3n) is 2.55. The molecule has 0 fully saturated rings. The second kappa shape index (κ2) is 6.04. The summed E-state index contributed by atoms with van der Waals surface area (Å²) >= 11 is 11.1. The predicted molar refractivity (Wildman–Crippen MR) is 79.2 cm³/mol. The summed E-state index contributed by atoms with van der Waals surface area (Å²) in [4.78, 5) is 1.12. The molecule has 0 aliphatic rings. The quantitative estimate of drug-likeness (QED) is 0.654. The van der Waals surface area contributed by atoms with E-state index in [9.17, 15) is 0 Å². The number of ether oxygens (including phenoxy) is 1. The molecule has 1 heterocycles. The third kappa shape index (κ3) is 2.87. The van der Waals surface area contributed by atoms with Crippen molar-refractivity contribution in [3.63, 3.8) is 0 Å². The molecule has 18 heavy (non-hydrogen) atoms. The Balaban J connectivity index is 2.38. The van der Waals surface area contributed by atoms with E-state index in [2.05, 4.69) is 21.4 Å². The number of nitrogens with two attached hydrogens (primary N) is 1. The lowest BCUT2D eigenvalue weighted by molar-refractivity contribution is 0.414. The lowest BCUT2D eigenvalue weighted by Gasteiger charge is -2.16. The number of benzene rings is 1. The lowest BCUT2D eigenvalue weighted by atomic mass is 10.1. The van der Waals surface area contributed by atoms with E-state index in [1.165, 1.54) is 0 Å². The molecule has 1 aromatic heterocycles. The first-order valence-electron chi connectivity index (χ1n) is 5.20. The van der Waals surface area contributed by atoms with Crippen LogP contribution in [0.5, 0.6) is 5.75 Å². The van der Waals surface area contributed by atoms with Gasteiger partial charge in [-0.3, -0.25) is 5.84 Å². The topological polar surface area (TPSA) is 47.3 Å². The Bertz CT molecular complexity index is 547. The van der Waals surface area contributed by atoms with Crippen LogP contribution in [0, 0.1) is 0 Å². The maximum atomic E-state index is 6.01. The van der Waals surface area contributed by atoms with Crippen LogP contribution in [0.25, 0.3) is 0 Å². The van der Waals surface area contributed by atoms with Crippen molar-refractivity contribution in [1.82, 2.24) is 5.43 Å². The number of thiophene rings is 1. The smallest absolute Gasteiger partial charge is 0.137 e. The molecule has 6 heteroatoms. The van der Waals surface area contributed by atoms with Crippen molar-refractivity contribution in [2.75, 3.05) is 7.11 Å². The van der Waals surface area contributed by atoms with Crippen molar-refractivity contribution in [2.24, 2.45) is 5.84 Å². The number of nitrogens with one attached hydrogen (secondary N) is 1. The number of methoxy groups -OCH3 is 1. The summed E-state index contributed by atoms with van der Waals surface area (Å²) in [5, 5.41) is 0.587. The number of halogens is 2. The van der Waals surface area contributed by atoms with Crippen molar-refractivity contribution < 1.29 is 4.74 Å². The molecule has 1 aromatic carbocycles. The summed E-state index contributed by atoms with van der Waals surface area (Å²) in [6, 6.07) is 9.58. The van der Waals surface area contributed by atoms with Crippen LogP contribution < -0.4 is 16.0 Å². The van der Waals surface area contributed by atoms with Crippen molar-refractivity contribution >= 4 is 38.9 Å². The van der Waals surface area contributed by atoms with E-state index in [1.807, 2.05) is 30.3 Å². The van der Waals surface area contributed by atoms with Crippen molar-refractivity contribution in [3.05, 3.63) is 49.6 Å². The molecular formula is C12H12BrClN2OS. The van der Waals surface area contributed by atoms with E-state index in [-0.39, 0.29) is 6.04 Å². The Kier molecular flexibility index (Phi) is 4.64. The molecule has 0 saturated heterocycles. The monoisotopic (exact) mass is 346 g/mol. The zero-order valence-electron chi connectivity index (χ0n) is 9.61. The normalized spacial score (nSPS) is 12.4. The van der Waals surface area contributed by atoms with Gasteiger partial charge in [-0.15, -0.1) is 11.3 Å². The van der Waals surface area contributed by atoms with E-state index in [4.69, 9.17) is 22.2 Å². The van der Waals surface area contributed by atoms with Gasteiger partial charge in [0.1, 0.15) is 5.75 Å². The molecule has 1 atom stereocenters. The van der Waals surface area contributed by atoms with Crippen LogP contribution in [-0.2, 0) is 0 Å². The highest BCUT2D eigenvalue weighted by Gasteiger charge is 2.16. The maximum Gasteiger partial charge on any atom is 0.137 e. The van der Waals surface area contributed by atoms with Crippen LogP contribution in [0.1, 0.15) is 16.5 Å². The van der Waals surface area contributed by atoms with Gasteiger partial charge in [0.15, 0.2) is 0 Å². The minimum absolute atomic E-state index is 0.0764. The Hall–Kier alpha value is -0.590. The van der Waals surface area contributed by atoms with Gasteiger partial charge in [-0.1, -0.05) is 17.7 Å². The molecule has 0 amide bonds. The molecule has 2 rings (SSSR count). The van der Waals surface area contributed by atoms with E-state index in [0.29, 0.717) is 10.8 Å². The van der Waals surface area contributed by atoms with Crippen LogP contribution in [0.2, 0.25) is 5.02 Å². The Morgan fingerprint density at radius 1 is 1.39 bits per heavy atom. The average molecular weight is 348 g/mol. The standard InChI is InChI=1S/C12H12BrClN2OS/c1-17-9-6-7(2-3-8(9)14)12(16-15)10-4-5-11(13)18-10/h2-6,12,16H,15H2,1H3. The summed E-state index contributed by atoms with van der Waals surface area (Å²) in [5.74, 6) is 6.29. The number of hydrogen-bond donors (Lipinski definition) is 2. The SMILES string of the molecule is COc1cc(C(NN)c2ccc(Br)s2)ccc1Cl. The van der Waals surface area contributed by atoms with Crippen LogP contribution in [0.4, 0.5) is 0 Å². The zero-order valence-corrected chi connectivity index (χ0v) is 12.8. The van der Waals surface area contributed by atoms with Gasteiger partial charge < -0.3 is 4.74 Å². The lowest BCUT2D eigenvalue weighted by Crippen LogP contribution is -2.28.